The molecule has 7 heteroatoms. The fourth-order valence-electron chi connectivity index (χ4n) is 2.03. The van der Waals surface area contributed by atoms with Crippen LogP contribution in [0, 0.1) is 11.6 Å². The van der Waals surface area contributed by atoms with Crippen LogP contribution >= 0.6 is 11.3 Å². The van der Waals surface area contributed by atoms with Gasteiger partial charge in [0, 0.05) is 11.4 Å². The van der Waals surface area contributed by atoms with Gasteiger partial charge >= 0.3 is 6.03 Å². The summed E-state index contributed by atoms with van der Waals surface area (Å²) in [6.45, 7) is 1.82. The molecule has 2 rings (SSSR count). The van der Waals surface area contributed by atoms with E-state index in [1.807, 2.05) is 11.4 Å². The molecule has 0 bridgehead atoms. The van der Waals surface area contributed by atoms with Gasteiger partial charge < -0.3 is 15.7 Å². The van der Waals surface area contributed by atoms with Crippen molar-refractivity contribution in [1.82, 2.24) is 10.6 Å². The average Bonchev–Trinajstić information content (AvgIpc) is 3.04. The molecule has 2 aromatic rings. The van der Waals surface area contributed by atoms with Gasteiger partial charge in [-0.05, 0) is 48.6 Å². The summed E-state index contributed by atoms with van der Waals surface area (Å²) in [5.74, 6) is -1.02. The van der Waals surface area contributed by atoms with Gasteiger partial charge in [0.1, 0.15) is 17.2 Å². The molecule has 0 saturated heterocycles. The minimum Gasteiger partial charge on any atom is -0.383 e. The van der Waals surface area contributed by atoms with Crippen molar-refractivity contribution in [1.29, 1.82) is 0 Å². The van der Waals surface area contributed by atoms with E-state index in [9.17, 15) is 18.7 Å². The van der Waals surface area contributed by atoms with Crippen LogP contribution in [-0.4, -0.2) is 24.2 Å². The molecule has 0 aliphatic carbocycles. The van der Waals surface area contributed by atoms with Crippen molar-refractivity contribution in [2.24, 2.45) is 0 Å². The number of nitrogens with one attached hydrogen (secondary N) is 2. The van der Waals surface area contributed by atoms with Crippen LogP contribution in [0.2, 0.25) is 0 Å². The second kappa shape index (κ2) is 7.52. The minimum absolute atomic E-state index is 0.0493. The van der Waals surface area contributed by atoms with Gasteiger partial charge in [-0.1, -0.05) is 6.07 Å². The second-order valence-electron chi connectivity index (χ2n) is 5.35. The van der Waals surface area contributed by atoms with E-state index in [-0.39, 0.29) is 25.1 Å². The Hall–Kier alpha value is -1.99. The minimum atomic E-state index is -1.15. The topological polar surface area (TPSA) is 61.4 Å². The molecule has 124 valence electrons. The van der Waals surface area contributed by atoms with E-state index in [1.165, 1.54) is 11.3 Å². The molecule has 4 nitrogen and oxygen atoms in total. The SMILES string of the molecule is C[C@@](O)(CNC(=O)NCCc1cc(F)ccc1F)c1cccs1. The van der Waals surface area contributed by atoms with Crippen LogP contribution in [0.25, 0.3) is 0 Å². The van der Waals surface area contributed by atoms with Crippen molar-refractivity contribution < 1.29 is 18.7 Å². The Morgan fingerprint density at radius 3 is 2.78 bits per heavy atom. The molecule has 3 N–H and O–H groups in total. The number of hydrogen-bond donors (Lipinski definition) is 3. The summed E-state index contributed by atoms with van der Waals surface area (Å²) >= 11 is 1.40. The van der Waals surface area contributed by atoms with E-state index < -0.39 is 23.3 Å². The van der Waals surface area contributed by atoms with E-state index >= 15 is 0 Å². The van der Waals surface area contributed by atoms with Gasteiger partial charge in [0.15, 0.2) is 0 Å². The number of aliphatic hydroxyl groups is 1. The highest BCUT2D eigenvalue weighted by Crippen LogP contribution is 2.24. The Labute approximate surface area is 137 Å². The van der Waals surface area contributed by atoms with E-state index in [2.05, 4.69) is 10.6 Å². The van der Waals surface area contributed by atoms with E-state index in [0.29, 0.717) is 0 Å². The Balaban J connectivity index is 1.76. The Morgan fingerprint density at radius 2 is 2.09 bits per heavy atom. The summed E-state index contributed by atoms with van der Waals surface area (Å²) < 4.78 is 26.5. The third-order valence-electron chi connectivity index (χ3n) is 3.33. The molecule has 0 saturated carbocycles. The summed E-state index contributed by atoms with van der Waals surface area (Å²) in [5.41, 5.74) is -0.948. The van der Waals surface area contributed by atoms with Crippen molar-refractivity contribution in [3.05, 3.63) is 57.8 Å². The van der Waals surface area contributed by atoms with Gasteiger partial charge in [0.25, 0.3) is 0 Å². The summed E-state index contributed by atoms with van der Waals surface area (Å²) in [5, 5.41) is 17.2. The first kappa shape index (κ1) is 17.4. The Bertz CT molecular complexity index is 660. The first-order chi connectivity index (χ1) is 10.9. The highest BCUT2D eigenvalue weighted by atomic mass is 32.1. The smallest absolute Gasteiger partial charge is 0.314 e. The largest absolute Gasteiger partial charge is 0.383 e. The fourth-order valence-corrected chi connectivity index (χ4v) is 2.82. The molecule has 0 fully saturated rings. The number of rotatable bonds is 6. The highest BCUT2D eigenvalue weighted by Gasteiger charge is 2.24. The predicted octanol–water partition coefficient (Wildman–Crippen LogP) is 2.78. The fraction of sp³-hybridized carbons (Fsp3) is 0.312. The molecular weight excluding hydrogens is 322 g/mol. The summed E-state index contributed by atoms with van der Waals surface area (Å²) in [4.78, 5) is 12.5. The maximum absolute atomic E-state index is 13.4. The number of halogens is 2. The number of benzene rings is 1. The monoisotopic (exact) mass is 340 g/mol. The summed E-state index contributed by atoms with van der Waals surface area (Å²) in [6.07, 6.45) is 0.179. The van der Waals surface area contributed by atoms with E-state index in [4.69, 9.17) is 0 Å². The number of thiophene rings is 1. The molecule has 1 atom stereocenters. The predicted molar refractivity (Wildman–Crippen MR) is 85.4 cm³/mol. The van der Waals surface area contributed by atoms with Gasteiger partial charge in [0.2, 0.25) is 0 Å². The summed E-state index contributed by atoms with van der Waals surface area (Å²) in [7, 11) is 0. The average molecular weight is 340 g/mol. The van der Waals surface area contributed by atoms with Crippen LogP contribution in [0.5, 0.6) is 0 Å². The molecule has 23 heavy (non-hydrogen) atoms. The Morgan fingerprint density at radius 1 is 1.30 bits per heavy atom. The van der Waals surface area contributed by atoms with Crippen LogP contribution in [-0.2, 0) is 12.0 Å². The first-order valence-electron chi connectivity index (χ1n) is 7.10. The van der Waals surface area contributed by atoms with Gasteiger partial charge in [-0.2, -0.15) is 0 Å². The lowest BCUT2D eigenvalue weighted by atomic mass is 10.1. The van der Waals surface area contributed by atoms with Crippen molar-refractivity contribution in [3.8, 4) is 0 Å². The van der Waals surface area contributed by atoms with Crippen LogP contribution in [0.4, 0.5) is 13.6 Å². The number of carbonyl (C=O) groups excluding carboxylic acids is 1. The quantitative estimate of drug-likeness (QED) is 0.757. The molecule has 0 aliphatic heterocycles. The van der Waals surface area contributed by atoms with Gasteiger partial charge in [0.05, 0.1) is 6.54 Å². The molecule has 1 heterocycles. The Kier molecular flexibility index (Phi) is 5.68. The highest BCUT2D eigenvalue weighted by molar-refractivity contribution is 7.10. The lowest BCUT2D eigenvalue weighted by molar-refractivity contribution is 0.0631. The van der Waals surface area contributed by atoms with Crippen molar-refractivity contribution >= 4 is 17.4 Å². The van der Waals surface area contributed by atoms with Crippen molar-refractivity contribution in [2.45, 2.75) is 18.9 Å². The zero-order valence-corrected chi connectivity index (χ0v) is 13.4. The van der Waals surface area contributed by atoms with E-state index in [1.54, 1.807) is 13.0 Å². The molecule has 1 aromatic heterocycles. The maximum Gasteiger partial charge on any atom is 0.314 e. The molecule has 0 unspecified atom stereocenters. The lowest BCUT2D eigenvalue weighted by Crippen LogP contribution is -2.43. The van der Waals surface area contributed by atoms with Crippen LogP contribution in [0.3, 0.4) is 0 Å². The van der Waals surface area contributed by atoms with Crippen LogP contribution in [0.1, 0.15) is 17.4 Å². The molecule has 1 aromatic carbocycles. The zero-order valence-electron chi connectivity index (χ0n) is 12.6. The normalized spacial score (nSPS) is 13.4. The standard InChI is InChI=1S/C16H18F2N2O2S/c1-16(22,14-3-2-8-23-14)10-20-15(21)19-7-6-11-9-12(17)4-5-13(11)18/h2-5,8-9,22H,6-7,10H2,1H3,(H2,19,20,21)/t16-/m1/s1. The van der Waals surface area contributed by atoms with E-state index in [0.717, 1.165) is 23.1 Å². The maximum atomic E-state index is 13.4. The number of urea groups is 1. The van der Waals surface area contributed by atoms with Gasteiger partial charge in [-0.15, -0.1) is 11.3 Å². The third-order valence-corrected chi connectivity index (χ3v) is 4.46. The van der Waals surface area contributed by atoms with Crippen LogP contribution < -0.4 is 10.6 Å². The number of hydrogen-bond acceptors (Lipinski definition) is 3. The summed E-state index contributed by atoms with van der Waals surface area (Å²) in [6, 6.07) is 6.35. The number of amides is 2. The molecule has 0 spiro atoms. The van der Waals surface area contributed by atoms with Crippen LogP contribution in [0.15, 0.2) is 35.7 Å². The lowest BCUT2D eigenvalue weighted by Gasteiger charge is -2.22. The third kappa shape index (κ3) is 5.01. The second-order valence-corrected chi connectivity index (χ2v) is 6.29. The molecule has 0 radical (unpaired) electrons. The molecule has 0 aliphatic rings. The van der Waals surface area contributed by atoms with Crippen molar-refractivity contribution in [2.75, 3.05) is 13.1 Å². The van der Waals surface area contributed by atoms with Gasteiger partial charge in [-0.25, -0.2) is 13.6 Å². The first-order valence-corrected chi connectivity index (χ1v) is 7.98. The molecular formula is C16H18F2N2O2S. The zero-order chi connectivity index (χ0) is 16.9. The number of carbonyl (C=O) groups is 1. The van der Waals surface area contributed by atoms with Crippen molar-refractivity contribution in [3.63, 3.8) is 0 Å². The molecule has 2 amide bonds. The van der Waals surface area contributed by atoms with Gasteiger partial charge in [-0.3, -0.25) is 0 Å².